The first-order chi connectivity index (χ1) is 12.1. The lowest BCUT2D eigenvalue weighted by Gasteiger charge is -2.26. The molecule has 132 valence electrons. The molecule has 0 saturated heterocycles. The molecular weight excluding hydrogens is 332 g/mol. The average molecular weight is 356 g/mol. The van der Waals surface area contributed by atoms with Gasteiger partial charge in [-0.3, -0.25) is 9.59 Å². The lowest BCUT2D eigenvalue weighted by atomic mass is 10.0. The zero-order valence-corrected chi connectivity index (χ0v) is 15.7. The SMILES string of the molecule is CCN(CC)C(=O)[C@@H](NC(=O)/C(C)=C/c1cccs1)c1ccccc1. The molecule has 0 bridgehead atoms. The predicted molar refractivity (Wildman–Crippen MR) is 103 cm³/mol. The number of nitrogens with zero attached hydrogens (tertiary/aromatic N) is 1. The van der Waals surface area contributed by atoms with Crippen LogP contribution in [0, 0.1) is 0 Å². The van der Waals surface area contributed by atoms with Gasteiger partial charge in [0.15, 0.2) is 0 Å². The maximum atomic E-state index is 12.9. The van der Waals surface area contributed by atoms with Gasteiger partial charge in [0, 0.05) is 23.5 Å². The van der Waals surface area contributed by atoms with Crippen LogP contribution in [0.2, 0.25) is 0 Å². The van der Waals surface area contributed by atoms with Crippen LogP contribution in [0.25, 0.3) is 6.08 Å². The van der Waals surface area contributed by atoms with Gasteiger partial charge in [-0.1, -0.05) is 36.4 Å². The highest BCUT2D eigenvalue weighted by Crippen LogP contribution is 2.18. The summed E-state index contributed by atoms with van der Waals surface area (Å²) in [6.45, 7) is 6.86. The summed E-state index contributed by atoms with van der Waals surface area (Å²) < 4.78 is 0. The fourth-order valence-electron chi connectivity index (χ4n) is 2.55. The number of hydrogen-bond donors (Lipinski definition) is 1. The Labute approximate surface area is 153 Å². The molecule has 5 heteroatoms. The summed E-state index contributed by atoms with van der Waals surface area (Å²) in [5.74, 6) is -0.323. The number of thiophene rings is 1. The second kappa shape index (κ2) is 9.18. The molecule has 0 radical (unpaired) electrons. The van der Waals surface area contributed by atoms with Crippen LogP contribution in [0.15, 0.2) is 53.4 Å². The molecule has 2 aromatic rings. The molecule has 0 aliphatic carbocycles. The van der Waals surface area contributed by atoms with Crippen molar-refractivity contribution in [2.24, 2.45) is 0 Å². The highest BCUT2D eigenvalue weighted by atomic mass is 32.1. The van der Waals surface area contributed by atoms with Gasteiger partial charge in [-0.05, 0) is 43.9 Å². The molecule has 2 rings (SSSR count). The van der Waals surface area contributed by atoms with E-state index in [0.717, 1.165) is 10.4 Å². The van der Waals surface area contributed by atoms with E-state index in [9.17, 15) is 9.59 Å². The minimum Gasteiger partial charge on any atom is -0.341 e. The van der Waals surface area contributed by atoms with Gasteiger partial charge in [0.2, 0.25) is 11.8 Å². The number of benzene rings is 1. The van der Waals surface area contributed by atoms with Crippen molar-refractivity contribution in [2.45, 2.75) is 26.8 Å². The first kappa shape index (κ1) is 18.9. The first-order valence-corrected chi connectivity index (χ1v) is 9.31. The molecule has 0 aliphatic heterocycles. The fraction of sp³-hybridized carbons (Fsp3) is 0.300. The van der Waals surface area contributed by atoms with Gasteiger partial charge in [-0.15, -0.1) is 11.3 Å². The third kappa shape index (κ3) is 5.03. The number of nitrogens with one attached hydrogen (secondary N) is 1. The molecule has 1 atom stereocenters. The molecule has 1 aromatic heterocycles. The maximum absolute atomic E-state index is 12.9. The zero-order valence-electron chi connectivity index (χ0n) is 14.9. The van der Waals surface area contributed by atoms with E-state index in [1.807, 2.05) is 67.8 Å². The van der Waals surface area contributed by atoms with Crippen LogP contribution in [0.1, 0.15) is 37.3 Å². The fourth-order valence-corrected chi connectivity index (χ4v) is 3.26. The van der Waals surface area contributed by atoms with E-state index in [0.29, 0.717) is 18.7 Å². The summed E-state index contributed by atoms with van der Waals surface area (Å²) in [4.78, 5) is 28.2. The second-order valence-corrected chi connectivity index (χ2v) is 6.65. The normalized spacial score (nSPS) is 12.5. The Morgan fingerprint density at radius 3 is 2.36 bits per heavy atom. The molecule has 4 nitrogen and oxygen atoms in total. The summed E-state index contributed by atoms with van der Waals surface area (Å²) in [5.41, 5.74) is 1.37. The highest BCUT2D eigenvalue weighted by molar-refractivity contribution is 7.10. The number of rotatable bonds is 7. The van der Waals surface area contributed by atoms with Crippen LogP contribution in [-0.2, 0) is 9.59 Å². The smallest absolute Gasteiger partial charge is 0.249 e. The van der Waals surface area contributed by atoms with Crippen LogP contribution in [0.3, 0.4) is 0 Å². The predicted octanol–water partition coefficient (Wildman–Crippen LogP) is 3.88. The minimum absolute atomic E-state index is 0.0894. The van der Waals surface area contributed by atoms with Crippen LogP contribution in [0.5, 0.6) is 0 Å². The van der Waals surface area contributed by atoms with Gasteiger partial charge in [0.25, 0.3) is 0 Å². The Morgan fingerprint density at radius 1 is 1.12 bits per heavy atom. The van der Waals surface area contributed by atoms with Crippen LogP contribution >= 0.6 is 11.3 Å². The van der Waals surface area contributed by atoms with Crippen molar-refractivity contribution < 1.29 is 9.59 Å². The molecule has 0 unspecified atom stereocenters. The van der Waals surface area contributed by atoms with E-state index in [4.69, 9.17) is 0 Å². The molecular formula is C20H24N2O2S. The highest BCUT2D eigenvalue weighted by Gasteiger charge is 2.26. The topological polar surface area (TPSA) is 49.4 Å². The second-order valence-electron chi connectivity index (χ2n) is 5.67. The third-order valence-corrected chi connectivity index (χ3v) is 4.81. The van der Waals surface area contributed by atoms with E-state index in [1.54, 1.807) is 23.2 Å². The number of likely N-dealkylation sites (N-methyl/N-ethyl adjacent to an activating group) is 1. The number of carbonyl (C=O) groups is 2. The van der Waals surface area contributed by atoms with Crippen molar-refractivity contribution in [1.29, 1.82) is 0 Å². The summed E-state index contributed by atoms with van der Waals surface area (Å²) >= 11 is 1.57. The summed E-state index contributed by atoms with van der Waals surface area (Å²) in [6.07, 6.45) is 1.84. The molecule has 0 saturated carbocycles. The maximum Gasteiger partial charge on any atom is 0.249 e. The number of amides is 2. The van der Waals surface area contributed by atoms with Crippen LogP contribution in [-0.4, -0.2) is 29.8 Å². The van der Waals surface area contributed by atoms with E-state index in [1.165, 1.54) is 0 Å². The third-order valence-electron chi connectivity index (χ3n) is 3.99. The molecule has 25 heavy (non-hydrogen) atoms. The van der Waals surface area contributed by atoms with Crippen molar-refractivity contribution in [3.63, 3.8) is 0 Å². The van der Waals surface area contributed by atoms with Crippen LogP contribution in [0.4, 0.5) is 0 Å². The lowest BCUT2D eigenvalue weighted by Crippen LogP contribution is -2.43. The average Bonchev–Trinajstić information content (AvgIpc) is 3.14. The summed E-state index contributed by atoms with van der Waals surface area (Å²) in [6, 6.07) is 12.6. The molecule has 0 fully saturated rings. The lowest BCUT2D eigenvalue weighted by molar-refractivity contribution is -0.135. The largest absolute Gasteiger partial charge is 0.341 e. The van der Waals surface area contributed by atoms with Crippen molar-refractivity contribution in [2.75, 3.05) is 13.1 Å². The van der Waals surface area contributed by atoms with E-state index in [2.05, 4.69) is 5.32 Å². The summed E-state index contributed by atoms with van der Waals surface area (Å²) in [7, 11) is 0. The van der Waals surface area contributed by atoms with Crippen molar-refractivity contribution in [3.05, 3.63) is 63.9 Å². The van der Waals surface area contributed by atoms with Gasteiger partial charge in [-0.25, -0.2) is 0 Å². The molecule has 1 N–H and O–H groups in total. The molecule has 1 aromatic carbocycles. The first-order valence-electron chi connectivity index (χ1n) is 8.43. The quantitative estimate of drug-likeness (QED) is 0.766. The molecule has 1 heterocycles. The van der Waals surface area contributed by atoms with Gasteiger partial charge >= 0.3 is 0 Å². The Hall–Kier alpha value is -2.40. The van der Waals surface area contributed by atoms with E-state index in [-0.39, 0.29) is 11.8 Å². The molecule has 0 aliphatic rings. The Morgan fingerprint density at radius 2 is 1.80 bits per heavy atom. The van der Waals surface area contributed by atoms with Gasteiger partial charge in [-0.2, -0.15) is 0 Å². The Kier molecular flexibility index (Phi) is 6.95. The van der Waals surface area contributed by atoms with Crippen LogP contribution < -0.4 is 5.32 Å². The molecule has 2 amide bonds. The van der Waals surface area contributed by atoms with E-state index >= 15 is 0 Å². The van der Waals surface area contributed by atoms with Crippen molar-refractivity contribution in [3.8, 4) is 0 Å². The van der Waals surface area contributed by atoms with Crippen molar-refractivity contribution >= 4 is 29.2 Å². The van der Waals surface area contributed by atoms with Gasteiger partial charge in [0.05, 0.1) is 0 Å². The standard InChI is InChI=1S/C20H24N2O2S/c1-4-22(5-2)20(24)18(16-10-7-6-8-11-16)21-19(23)15(3)14-17-12-9-13-25-17/h6-14,18H,4-5H2,1-3H3,(H,21,23)/b15-14+/t18-/m0/s1. The van der Waals surface area contributed by atoms with Crippen molar-refractivity contribution in [1.82, 2.24) is 10.2 Å². The summed E-state index contributed by atoms with van der Waals surface area (Å²) in [5, 5.41) is 4.87. The Bertz CT molecular complexity index is 719. The van der Waals surface area contributed by atoms with Gasteiger partial charge in [0.1, 0.15) is 6.04 Å². The number of carbonyl (C=O) groups excluding carboxylic acids is 2. The number of hydrogen-bond acceptors (Lipinski definition) is 3. The van der Waals surface area contributed by atoms with Gasteiger partial charge < -0.3 is 10.2 Å². The zero-order chi connectivity index (χ0) is 18.2. The molecule has 0 spiro atoms. The van der Waals surface area contributed by atoms with E-state index < -0.39 is 6.04 Å². The Balaban J connectivity index is 2.24. The monoisotopic (exact) mass is 356 g/mol. The minimum atomic E-state index is -0.680.